The summed E-state index contributed by atoms with van der Waals surface area (Å²) in [4.78, 5) is 4.79. The van der Waals surface area contributed by atoms with Crippen LogP contribution in [0.25, 0.3) is 11.3 Å². The van der Waals surface area contributed by atoms with Crippen LogP contribution >= 0.6 is 0 Å². The lowest BCUT2D eigenvalue weighted by molar-refractivity contribution is 0.245. The molecule has 26 heavy (non-hydrogen) atoms. The maximum atomic E-state index is 10.3. The minimum Gasteiger partial charge on any atom is -0.507 e. The van der Waals surface area contributed by atoms with Gasteiger partial charge in [0, 0.05) is 30.3 Å². The molecule has 2 aromatic rings. The van der Waals surface area contributed by atoms with Gasteiger partial charge in [-0.1, -0.05) is 0 Å². The van der Waals surface area contributed by atoms with E-state index in [1.54, 1.807) is 12.1 Å². The third kappa shape index (κ3) is 2.78. The molecular formula is C20H23N5O. The molecule has 4 rings (SSSR count). The molecule has 0 aliphatic carbocycles. The van der Waals surface area contributed by atoms with Gasteiger partial charge in [-0.2, -0.15) is 5.26 Å². The van der Waals surface area contributed by atoms with Crippen LogP contribution in [0.15, 0.2) is 18.2 Å². The summed E-state index contributed by atoms with van der Waals surface area (Å²) in [5, 5.41) is 28.3. The van der Waals surface area contributed by atoms with Crippen LogP contribution in [-0.4, -0.2) is 52.9 Å². The third-order valence-electron chi connectivity index (χ3n) is 5.62. The highest BCUT2D eigenvalue weighted by Gasteiger charge is 2.32. The van der Waals surface area contributed by atoms with Crippen molar-refractivity contribution in [1.82, 2.24) is 15.1 Å². The summed E-state index contributed by atoms with van der Waals surface area (Å²) in [5.41, 5.74) is 4.07. The van der Waals surface area contributed by atoms with Crippen molar-refractivity contribution in [3.63, 3.8) is 0 Å². The minimum absolute atomic E-state index is 0.0742. The maximum Gasteiger partial charge on any atom is 0.155 e. The van der Waals surface area contributed by atoms with E-state index < -0.39 is 0 Å². The molecule has 134 valence electrons. The standard InChI is InChI=1S/C20H23N5O/c1-13-16-7-9-25(15-4-3-8-24(2)12-15)20(16)23-22-19(13)17-6-5-14(11-21)10-18(17)26/h5-6,10,15,26H,3-4,7-9,12H2,1-2H3/t15-/m1/s1. The fourth-order valence-electron chi connectivity index (χ4n) is 4.22. The number of hydrogen-bond acceptors (Lipinski definition) is 6. The van der Waals surface area contributed by atoms with E-state index in [0.717, 1.165) is 30.9 Å². The molecule has 6 heteroatoms. The highest BCUT2D eigenvalue weighted by Crippen LogP contribution is 2.37. The number of aromatic hydroxyl groups is 1. The number of benzene rings is 1. The number of nitriles is 1. The number of likely N-dealkylation sites (N-methyl/N-ethyl adjacent to an activating group) is 1. The quantitative estimate of drug-likeness (QED) is 0.898. The van der Waals surface area contributed by atoms with Gasteiger partial charge in [0.15, 0.2) is 5.82 Å². The van der Waals surface area contributed by atoms with Crippen LogP contribution in [0, 0.1) is 18.3 Å². The normalized spacial score (nSPS) is 20.0. The molecule has 3 heterocycles. The summed E-state index contributed by atoms with van der Waals surface area (Å²) in [5.74, 6) is 1.07. The number of phenolic OH excluding ortho intramolecular Hbond substituents is 1. The predicted octanol–water partition coefficient (Wildman–Crippen LogP) is 2.49. The molecule has 0 saturated carbocycles. The van der Waals surface area contributed by atoms with Crippen molar-refractivity contribution >= 4 is 5.82 Å². The van der Waals surface area contributed by atoms with Crippen molar-refractivity contribution in [1.29, 1.82) is 5.26 Å². The molecule has 0 bridgehead atoms. The van der Waals surface area contributed by atoms with E-state index in [-0.39, 0.29) is 5.75 Å². The van der Waals surface area contributed by atoms with E-state index in [0.29, 0.717) is 22.9 Å². The number of fused-ring (bicyclic) bond motifs is 1. The highest BCUT2D eigenvalue weighted by atomic mass is 16.3. The Morgan fingerprint density at radius 1 is 1.27 bits per heavy atom. The topological polar surface area (TPSA) is 76.3 Å². The Kier molecular flexibility index (Phi) is 4.25. The Morgan fingerprint density at radius 2 is 2.12 bits per heavy atom. The van der Waals surface area contributed by atoms with Gasteiger partial charge in [-0.3, -0.25) is 0 Å². The molecule has 2 aliphatic rings. The third-order valence-corrected chi connectivity index (χ3v) is 5.62. The molecule has 1 N–H and O–H groups in total. The van der Waals surface area contributed by atoms with E-state index in [2.05, 4.69) is 34.0 Å². The number of phenols is 1. The summed E-state index contributed by atoms with van der Waals surface area (Å²) in [6, 6.07) is 7.47. The molecule has 6 nitrogen and oxygen atoms in total. The number of nitrogens with zero attached hydrogens (tertiary/aromatic N) is 5. The largest absolute Gasteiger partial charge is 0.507 e. The van der Waals surface area contributed by atoms with Gasteiger partial charge >= 0.3 is 0 Å². The molecule has 0 radical (unpaired) electrons. The maximum absolute atomic E-state index is 10.3. The number of piperidine rings is 1. The van der Waals surface area contributed by atoms with Gasteiger partial charge in [-0.05, 0) is 63.5 Å². The van der Waals surface area contributed by atoms with E-state index in [1.807, 2.05) is 6.07 Å². The average molecular weight is 349 g/mol. The summed E-state index contributed by atoms with van der Waals surface area (Å²) in [6.07, 6.45) is 3.38. The summed E-state index contributed by atoms with van der Waals surface area (Å²) >= 11 is 0. The molecule has 1 atom stereocenters. The van der Waals surface area contributed by atoms with Gasteiger partial charge < -0.3 is 14.9 Å². The Bertz CT molecular complexity index is 889. The van der Waals surface area contributed by atoms with E-state index >= 15 is 0 Å². The van der Waals surface area contributed by atoms with Crippen molar-refractivity contribution < 1.29 is 5.11 Å². The van der Waals surface area contributed by atoms with Crippen LogP contribution in [0.4, 0.5) is 5.82 Å². The second kappa shape index (κ2) is 6.58. The van der Waals surface area contributed by atoms with Crippen molar-refractivity contribution in [2.24, 2.45) is 0 Å². The molecule has 2 aliphatic heterocycles. The number of aromatic nitrogens is 2. The van der Waals surface area contributed by atoms with Gasteiger partial charge in [0.1, 0.15) is 5.75 Å². The van der Waals surface area contributed by atoms with Crippen LogP contribution in [-0.2, 0) is 6.42 Å². The first-order chi connectivity index (χ1) is 12.6. The van der Waals surface area contributed by atoms with E-state index in [1.165, 1.54) is 31.0 Å². The molecule has 1 aromatic heterocycles. The highest BCUT2D eigenvalue weighted by molar-refractivity contribution is 5.73. The van der Waals surface area contributed by atoms with Gasteiger partial charge in [0.05, 0.1) is 17.3 Å². The van der Waals surface area contributed by atoms with Crippen molar-refractivity contribution in [2.75, 3.05) is 31.6 Å². The summed E-state index contributed by atoms with van der Waals surface area (Å²) < 4.78 is 0. The van der Waals surface area contributed by atoms with Crippen molar-refractivity contribution in [2.45, 2.75) is 32.2 Å². The minimum atomic E-state index is 0.0742. The Labute approximate surface area is 153 Å². The fraction of sp³-hybridized carbons (Fsp3) is 0.450. The monoisotopic (exact) mass is 349 g/mol. The van der Waals surface area contributed by atoms with Gasteiger partial charge in [-0.15, -0.1) is 10.2 Å². The summed E-state index contributed by atoms with van der Waals surface area (Å²) in [6.45, 7) is 5.26. The zero-order valence-electron chi connectivity index (χ0n) is 15.2. The number of anilines is 1. The number of hydrogen-bond donors (Lipinski definition) is 1. The first-order valence-electron chi connectivity index (χ1n) is 9.13. The zero-order valence-corrected chi connectivity index (χ0v) is 15.2. The van der Waals surface area contributed by atoms with Gasteiger partial charge in [-0.25, -0.2) is 0 Å². The lowest BCUT2D eigenvalue weighted by Gasteiger charge is -2.36. The van der Waals surface area contributed by atoms with Crippen LogP contribution < -0.4 is 4.90 Å². The smallest absolute Gasteiger partial charge is 0.155 e. The molecule has 0 amide bonds. The molecular weight excluding hydrogens is 326 g/mol. The van der Waals surface area contributed by atoms with E-state index in [4.69, 9.17) is 5.26 Å². The molecule has 0 spiro atoms. The summed E-state index contributed by atoms with van der Waals surface area (Å²) in [7, 11) is 2.18. The SMILES string of the molecule is Cc1c(-c2ccc(C#N)cc2O)nnc2c1CCN2[C@@H]1CCCN(C)C1. The Morgan fingerprint density at radius 3 is 2.85 bits per heavy atom. The average Bonchev–Trinajstić information content (AvgIpc) is 3.07. The molecule has 1 aromatic carbocycles. The van der Waals surface area contributed by atoms with Crippen LogP contribution in [0.1, 0.15) is 29.5 Å². The van der Waals surface area contributed by atoms with Crippen molar-refractivity contribution in [3.05, 3.63) is 34.9 Å². The van der Waals surface area contributed by atoms with Gasteiger partial charge in [0.2, 0.25) is 0 Å². The van der Waals surface area contributed by atoms with Gasteiger partial charge in [0.25, 0.3) is 0 Å². The second-order valence-corrected chi connectivity index (χ2v) is 7.32. The number of rotatable bonds is 2. The van der Waals surface area contributed by atoms with Crippen LogP contribution in [0.3, 0.4) is 0 Å². The molecule has 0 unspecified atom stereocenters. The van der Waals surface area contributed by atoms with Crippen molar-refractivity contribution in [3.8, 4) is 23.1 Å². The second-order valence-electron chi connectivity index (χ2n) is 7.32. The lowest BCUT2D eigenvalue weighted by atomic mass is 10.0. The predicted molar refractivity (Wildman–Crippen MR) is 100 cm³/mol. The molecule has 1 saturated heterocycles. The Hall–Kier alpha value is -2.65. The van der Waals surface area contributed by atoms with Crippen LogP contribution in [0.5, 0.6) is 5.75 Å². The lowest BCUT2D eigenvalue weighted by Crippen LogP contribution is -2.46. The first kappa shape index (κ1) is 16.8. The molecule has 1 fully saturated rings. The van der Waals surface area contributed by atoms with E-state index in [9.17, 15) is 5.11 Å². The first-order valence-corrected chi connectivity index (χ1v) is 9.13. The Balaban J connectivity index is 1.69. The van der Waals surface area contributed by atoms with Crippen LogP contribution in [0.2, 0.25) is 0 Å². The number of likely N-dealkylation sites (tertiary alicyclic amines) is 1. The zero-order chi connectivity index (χ0) is 18.3. The fourth-order valence-corrected chi connectivity index (χ4v) is 4.22.